The minimum atomic E-state index is 0. The highest BCUT2D eigenvalue weighted by molar-refractivity contribution is 8.93. The number of imidazole rings is 1. The molecule has 3 aromatic rings. The van der Waals surface area contributed by atoms with Crippen LogP contribution in [0.15, 0.2) is 48.7 Å². The van der Waals surface area contributed by atoms with Crippen molar-refractivity contribution in [3.63, 3.8) is 0 Å². The molecule has 2 heterocycles. The van der Waals surface area contributed by atoms with Gasteiger partial charge in [-0.15, -0.1) is 17.0 Å². The number of ether oxygens (including phenoxy) is 1. The maximum Gasteiger partial charge on any atom is 0.137 e. The molecule has 0 fully saturated rings. The molecule has 0 saturated heterocycles. The molecule has 3 rings (SSSR count). The van der Waals surface area contributed by atoms with Crippen molar-refractivity contribution < 1.29 is 4.74 Å². The van der Waals surface area contributed by atoms with Gasteiger partial charge in [-0.25, -0.2) is 4.98 Å². The molecule has 19 heavy (non-hydrogen) atoms. The lowest BCUT2D eigenvalue weighted by molar-refractivity contribution is 0.416. The number of pyridine rings is 1. The fraction of sp³-hybridized carbons (Fsp3) is 0.133. The van der Waals surface area contributed by atoms with E-state index in [0.717, 1.165) is 22.7 Å². The second-order valence-electron chi connectivity index (χ2n) is 4.22. The molecule has 0 unspecified atom stereocenters. The molecular formula is C15H15BrN2O. The van der Waals surface area contributed by atoms with Crippen molar-refractivity contribution in [2.75, 3.05) is 7.11 Å². The summed E-state index contributed by atoms with van der Waals surface area (Å²) in [4.78, 5) is 4.64. The van der Waals surface area contributed by atoms with E-state index >= 15 is 0 Å². The minimum absolute atomic E-state index is 0. The van der Waals surface area contributed by atoms with E-state index in [-0.39, 0.29) is 17.0 Å². The smallest absolute Gasteiger partial charge is 0.137 e. The van der Waals surface area contributed by atoms with Crippen LogP contribution < -0.4 is 4.74 Å². The number of halogens is 1. The van der Waals surface area contributed by atoms with Gasteiger partial charge in [-0.3, -0.25) is 0 Å². The van der Waals surface area contributed by atoms with Crippen molar-refractivity contribution in [2.45, 2.75) is 6.92 Å². The molecule has 0 amide bonds. The number of hydrogen-bond donors (Lipinski definition) is 0. The molecule has 0 N–H and O–H groups in total. The average Bonchev–Trinajstić information content (AvgIpc) is 2.84. The summed E-state index contributed by atoms with van der Waals surface area (Å²) in [6.45, 7) is 2.07. The second kappa shape index (κ2) is 5.45. The Bertz CT molecular complexity index is 706. The molecule has 0 aliphatic carbocycles. The van der Waals surface area contributed by atoms with Gasteiger partial charge in [-0.05, 0) is 31.2 Å². The number of benzene rings is 1. The van der Waals surface area contributed by atoms with Gasteiger partial charge in [0.2, 0.25) is 0 Å². The van der Waals surface area contributed by atoms with Gasteiger partial charge in [0.15, 0.2) is 0 Å². The highest BCUT2D eigenvalue weighted by Gasteiger charge is 2.09. The Morgan fingerprint density at radius 3 is 2.58 bits per heavy atom. The topological polar surface area (TPSA) is 26.5 Å². The standard InChI is InChI=1S/C15H14N2O.BrH/c1-11-6-5-9-15-16-13(10-17(11)15)12-7-3-4-8-14(12)18-2;/h3-10H,1-2H3;1H. The van der Waals surface area contributed by atoms with Gasteiger partial charge in [0.1, 0.15) is 11.4 Å². The van der Waals surface area contributed by atoms with Crippen molar-refractivity contribution in [3.05, 3.63) is 54.4 Å². The first-order valence-electron chi connectivity index (χ1n) is 5.88. The summed E-state index contributed by atoms with van der Waals surface area (Å²) in [6, 6.07) is 14.0. The van der Waals surface area contributed by atoms with Crippen LogP contribution in [0.3, 0.4) is 0 Å². The van der Waals surface area contributed by atoms with Gasteiger partial charge >= 0.3 is 0 Å². The summed E-state index contributed by atoms with van der Waals surface area (Å²) < 4.78 is 7.46. The largest absolute Gasteiger partial charge is 0.496 e. The van der Waals surface area contributed by atoms with E-state index < -0.39 is 0 Å². The average molecular weight is 319 g/mol. The summed E-state index contributed by atoms with van der Waals surface area (Å²) in [7, 11) is 1.68. The van der Waals surface area contributed by atoms with Crippen LogP contribution in [0.25, 0.3) is 16.9 Å². The lowest BCUT2D eigenvalue weighted by Gasteiger charge is -2.04. The SMILES string of the molecule is Br.COc1ccccc1-c1cn2c(C)cccc2n1. The number of methoxy groups -OCH3 is 1. The number of rotatable bonds is 2. The molecule has 98 valence electrons. The minimum Gasteiger partial charge on any atom is -0.496 e. The fourth-order valence-corrected chi connectivity index (χ4v) is 2.13. The Hall–Kier alpha value is -1.81. The molecular weight excluding hydrogens is 304 g/mol. The Kier molecular flexibility index (Phi) is 3.90. The summed E-state index contributed by atoms with van der Waals surface area (Å²) in [6.07, 6.45) is 2.04. The maximum atomic E-state index is 5.38. The van der Waals surface area contributed by atoms with Gasteiger partial charge in [-0.1, -0.05) is 18.2 Å². The number of aromatic nitrogens is 2. The first kappa shape index (κ1) is 13.6. The highest BCUT2D eigenvalue weighted by atomic mass is 79.9. The zero-order valence-electron chi connectivity index (χ0n) is 10.8. The number of para-hydroxylation sites is 1. The van der Waals surface area contributed by atoms with Crippen LogP contribution in [0.4, 0.5) is 0 Å². The fourth-order valence-electron chi connectivity index (χ4n) is 2.13. The number of hydrogen-bond acceptors (Lipinski definition) is 2. The van der Waals surface area contributed by atoms with E-state index in [1.54, 1.807) is 7.11 Å². The van der Waals surface area contributed by atoms with Crippen LogP contribution in [-0.4, -0.2) is 16.5 Å². The van der Waals surface area contributed by atoms with Gasteiger partial charge in [0.25, 0.3) is 0 Å². The van der Waals surface area contributed by atoms with E-state index in [1.165, 1.54) is 5.69 Å². The van der Waals surface area contributed by atoms with Crippen LogP contribution in [0.2, 0.25) is 0 Å². The molecule has 2 aromatic heterocycles. The Balaban J connectivity index is 0.00000133. The summed E-state index contributed by atoms with van der Waals surface area (Å²) in [5.74, 6) is 0.846. The normalized spacial score (nSPS) is 10.2. The van der Waals surface area contributed by atoms with E-state index in [0.29, 0.717) is 0 Å². The van der Waals surface area contributed by atoms with Crippen molar-refractivity contribution in [1.82, 2.24) is 9.38 Å². The third-order valence-corrected chi connectivity index (χ3v) is 3.08. The number of fused-ring (bicyclic) bond motifs is 1. The van der Waals surface area contributed by atoms with Gasteiger partial charge < -0.3 is 9.14 Å². The Morgan fingerprint density at radius 2 is 1.84 bits per heavy atom. The number of nitrogens with zero attached hydrogens (tertiary/aromatic N) is 2. The first-order chi connectivity index (χ1) is 8.79. The molecule has 0 saturated carbocycles. The van der Waals surface area contributed by atoms with Crippen LogP contribution in [0.5, 0.6) is 5.75 Å². The molecule has 0 radical (unpaired) electrons. The first-order valence-corrected chi connectivity index (χ1v) is 5.88. The van der Waals surface area contributed by atoms with Crippen molar-refractivity contribution in [3.8, 4) is 17.0 Å². The van der Waals surface area contributed by atoms with Gasteiger partial charge in [-0.2, -0.15) is 0 Å². The summed E-state index contributed by atoms with van der Waals surface area (Å²) in [5, 5.41) is 0. The molecule has 0 atom stereocenters. The van der Waals surface area contributed by atoms with Crippen LogP contribution in [0.1, 0.15) is 5.69 Å². The van der Waals surface area contributed by atoms with Crippen LogP contribution >= 0.6 is 17.0 Å². The second-order valence-corrected chi connectivity index (χ2v) is 4.22. The lowest BCUT2D eigenvalue weighted by atomic mass is 10.1. The molecule has 0 aliphatic heterocycles. The maximum absolute atomic E-state index is 5.38. The predicted molar refractivity (Wildman–Crippen MR) is 82.2 cm³/mol. The van der Waals surface area contributed by atoms with Crippen molar-refractivity contribution >= 4 is 22.6 Å². The van der Waals surface area contributed by atoms with Crippen molar-refractivity contribution in [2.24, 2.45) is 0 Å². The van der Waals surface area contributed by atoms with Crippen molar-refractivity contribution in [1.29, 1.82) is 0 Å². The molecule has 0 bridgehead atoms. The summed E-state index contributed by atoms with van der Waals surface area (Å²) >= 11 is 0. The van der Waals surface area contributed by atoms with Gasteiger partial charge in [0, 0.05) is 17.5 Å². The molecule has 0 aliphatic rings. The number of aryl methyl sites for hydroxylation is 1. The van der Waals surface area contributed by atoms with Crippen LogP contribution in [0, 0.1) is 6.92 Å². The van der Waals surface area contributed by atoms with E-state index in [4.69, 9.17) is 4.74 Å². The zero-order chi connectivity index (χ0) is 12.5. The molecule has 3 nitrogen and oxygen atoms in total. The lowest BCUT2D eigenvalue weighted by Crippen LogP contribution is -1.87. The van der Waals surface area contributed by atoms with Crippen LogP contribution in [-0.2, 0) is 0 Å². The van der Waals surface area contributed by atoms with E-state index in [1.807, 2.05) is 42.6 Å². The molecule has 4 heteroatoms. The molecule has 1 aromatic carbocycles. The predicted octanol–water partition coefficient (Wildman–Crippen LogP) is 3.90. The molecule has 0 spiro atoms. The van der Waals surface area contributed by atoms with E-state index in [2.05, 4.69) is 22.4 Å². The highest BCUT2D eigenvalue weighted by Crippen LogP contribution is 2.29. The Labute approximate surface area is 122 Å². The third-order valence-electron chi connectivity index (χ3n) is 3.08. The van der Waals surface area contributed by atoms with Gasteiger partial charge in [0.05, 0.1) is 12.8 Å². The quantitative estimate of drug-likeness (QED) is 0.716. The Morgan fingerprint density at radius 1 is 1.05 bits per heavy atom. The monoisotopic (exact) mass is 318 g/mol. The van der Waals surface area contributed by atoms with E-state index in [9.17, 15) is 0 Å². The third kappa shape index (κ3) is 2.36. The summed E-state index contributed by atoms with van der Waals surface area (Å²) in [5.41, 5.74) is 4.07. The zero-order valence-corrected chi connectivity index (χ0v) is 12.5.